The normalized spacial score (nSPS) is 14.0. The molecule has 0 radical (unpaired) electrons. The summed E-state index contributed by atoms with van der Waals surface area (Å²) in [6, 6.07) is 8.65. The van der Waals surface area contributed by atoms with E-state index in [0.29, 0.717) is 37.8 Å². The van der Waals surface area contributed by atoms with Crippen molar-refractivity contribution in [3.63, 3.8) is 0 Å². The van der Waals surface area contributed by atoms with Crippen molar-refractivity contribution in [1.82, 2.24) is 24.8 Å². The third-order valence-electron chi connectivity index (χ3n) is 4.42. The van der Waals surface area contributed by atoms with E-state index >= 15 is 0 Å². The topological polar surface area (TPSA) is 87.1 Å². The van der Waals surface area contributed by atoms with Crippen LogP contribution >= 0.6 is 0 Å². The second-order valence-electron chi connectivity index (χ2n) is 6.27. The van der Waals surface area contributed by atoms with E-state index in [-0.39, 0.29) is 11.5 Å². The maximum atomic E-state index is 13.3. The van der Waals surface area contributed by atoms with Crippen molar-refractivity contribution in [2.45, 2.75) is 0 Å². The predicted molar refractivity (Wildman–Crippen MR) is 102 cm³/mol. The van der Waals surface area contributed by atoms with Crippen molar-refractivity contribution < 1.29 is 9.18 Å². The molecular weight excluding hydrogens is 361 g/mol. The van der Waals surface area contributed by atoms with Crippen LogP contribution in [0.4, 0.5) is 21.8 Å². The van der Waals surface area contributed by atoms with Gasteiger partial charge in [0, 0.05) is 44.6 Å². The van der Waals surface area contributed by atoms with Gasteiger partial charge in [0.1, 0.15) is 29.6 Å². The third-order valence-corrected chi connectivity index (χ3v) is 4.42. The zero-order valence-corrected chi connectivity index (χ0v) is 15.0. The summed E-state index contributed by atoms with van der Waals surface area (Å²) in [5, 5.41) is 3.14. The first kappa shape index (κ1) is 17.8. The van der Waals surface area contributed by atoms with E-state index in [1.807, 2.05) is 24.3 Å². The first-order valence-electron chi connectivity index (χ1n) is 8.84. The Morgan fingerprint density at radius 1 is 1.00 bits per heavy atom. The summed E-state index contributed by atoms with van der Waals surface area (Å²) in [6.07, 6.45) is 5.67. The van der Waals surface area contributed by atoms with Gasteiger partial charge in [-0.05, 0) is 18.2 Å². The molecule has 0 atom stereocenters. The summed E-state index contributed by atoms with van der Waals surface area (Å²) < 4.78 is 13.3. The van der Waals surface area contributed by atoms with Gasteiger partial charge in [0.2, 0.25) is 0 Å². The molecule has 0 spiro atoms. The van der Waals surface area contributed by atoms with Gasteiger partial charge < -0.3 is 15.1 Å². The molecule has 0 bridgehead atoms. The number of anilines is 3. The number of hydrogen-bond donors (Lipinski definition) is 1. The van der Waals surface area contributed by atoms with E-state index in [1.165, 1.54) is 18.6 Å². The van der Waals surface area contributed by atoms with Crippen molar-refractivity contribution >= 4 is 23.4 Å². The Balaban J connectivity index is 1.40. The Labute approximate surface area is 161 Å². The van der Waals surface area contributed by atoms with Gasteiger partial charge >= 0.3 is 0 Å². The van der Waals surface area contributed by atoms with Gasteiger partial charge in [-0.25, -0.2) is 19.3 Å². The van der Waals surface area contributed by atoms with Crippen molar-refractivity contribution in [3.8, 4) is 0 Å². The van der Waals surface area contributed by atoms with Crippen LogP contribution in [0.25, 0.3) is 0 Å². The fourth-order valence-corrected chi connectivity index (χ4v) is 3.01. The minimum atomic E-state index is -0.515. The standard InChI is InChI=1S/C19H18FN7O/c20-15-9-14(11-21-12-15)19(28)27-7-5-26(6-8-27)18-10-17(23-13-24-18)25-16-3-1-2-4-22-16/h1-4,9-13H,5-8H2,(H,22,23,24,25). The van der Waals surface area contributed by atoms with Crippen molar-refractivity contribution in [1.29, 1.82) is 0 Å². The van der Waals surface area contributed by atoms with E-state index in [4.69, 9.17) is 0 Å². The Bertz CT molecular complexity index is 961. The molecule has 0 unspecified atom stereocenters. The molecule has 1 N–H and O–H groups in total. The van der Waals surface area contributed by atoms with Gasteiger partial charge in [-0.2, -0.15) is 0 Å². The quantitative estimate of drug-likeness (QED) is 0.743. The summed E-state index contributed by atoms with van der Waals surface area (Å²) >= 11 is 0. The van der Waals surface area contributed by atoms with Crippen LogP contribution in [0.15, 0.2) is 55.2 Å². The maximum Gasteiger partial charge on any atom is 0.255 e. The van der Waals surface area contributed by atoms with Crippen LogP contribution in [0.3, 0.4) is 0 Å². The lowest BCUT2D eigenvalue weighted by Gasteiger charge is -2.35. The number of halogens is 1. The van der Waals surface area contributed by atoms with E-state index in [1.54, 1.807) is 11.1 Å². The lowest BCUT2D eigenvalue weighted by atomic mass is 10.2. The number of carbonyl (C=O) groups excluding carboxylic acids is 1. The summed E-state index contributed by atoms with van der Waals surface area (Å²) in [4.78, 5) is 32.8. The lowest BCUT2D eigenvalue weighted by molar-refractivity contribution is 0.0745. The van der Waals surface area contributed by atoms with E-state index in [9.17, 15) is 9.18 Å². The number of piperazine rings is 1. The SMILES string of the molecule is O=C(c1cncc(F)c1)N1CCN(c2cc(Nc3ccccn3)ncn2)CC1. The number of nitrogens with zero attached hydrogens (tertiary/aromatic N) is 6. The molecule has 3 aromatic heterocycles. The zero-order chi connectivity index (χ0) is 19.3. The number of amides is 1. The van der Waals surface area contributed by atoms with Gasteiger partial charge in [-0.15, -0.1) is 0 Å². The smallest absolute Gasteiger partial charge is 0.255 e. The minimum Gasteiger partial charge on any atom is -0.353 e. The summed E-state index contributed by atoms with van der Waals surface area (Å²) in [5.74, 6) is 1.39. The molecule has 1 aliphatic heterocycles. The Morgan fingerprint density at radius 2 is 1.86 bits per heavy atom. The number of rotatable bonds is 4. The summed E-state index contributed by atoms with van der Waals surface area (Å²) in [7, 11) is 0. The lowest BCUT2D eigenvalue weighted by Crippen LogP contribution is -2.49. The molecule has 8 nitrogen and oxygen atoms in total. The average Bonchev–Trinajstić information content (AvgIpc) is 2.74. The first-order valence-corrected chi connectivity index (χ1v) is 8.84. The van der Waals surface area contributed by atoms with Gasteiger partial charge in [0.15, 0.2) is 0 Å². The highest BCUT2D eigenvalue weighted by Crippen LogP contribution is 2.19. The summed E-state index contributed by atoms with van der Waals surface area (Å²) in [6.45, 7) is 2.27. The number of nitrogens with one attached hydrogen (secondary N) is 1. The molecule has 4 rings (SSSR count). The van der Waals surface area contributed by atoms with Crippen LogP contribution < -0.4 is 10.2 Å². The van der Waals surface area contributed by atoms with Crippen molar-refractivity contribution in [3.05, 3.63) is 66.6 Å². The zero-order valence-electron chi connectivity index (χ0n) is 15.0. The Hall–Kier alpha value is -3.62. The summed E-state index contributed by atoms with van der Waals surface area (Å²) in [5.41, 5.74) is 0.261. The number of hydrogen-bond acceptors (Lipinski definition) is 7. The first-order chi connectivity index (χ1) is 13.7. The van der Waals surface area contributed by atoms with Crippen LogP contribution in [0.5, 0.6) is 0 Å². The van der Waals surface area contributed by atoms with Crippen LogP contribution in [0, 0.1) is 5.82 Å². The largest absolute Gasteiger partial charge is 0.353 e. The second kappa shape index (κ2) is 7.95. The Kier molecular flexibility index (Phi) is 5.05. The fourth-order valence-electron chi connectivity index (χ4n) is 3.01. The Morgan fingerprint density at radius 3 is 2.61 bits per heavy atom. The molecule has 1 amide bonds. The fraction of sp³-hybridized carbons (Fsp3) is 0.211. The highest BCUT2D eigenvalue weighted by atomic mass is 19.1. The van der Waals surface area contributed by atoms with Crippen LogP contribution in [0.2, 0.25) is 0 Å². The highest BCUT2D eigenvalue weighted by molar-refractivity contribution is 5.94. The van der Waals surface area contributed by atoms with Crippen LogP contribution in [-0.4, -0.2) is 56.9 Å². The van der Waals surface area contributed by atoms with Crippen LogP contribution in [-0.2, 0) is 0 Å². The molecule has 1 aliphatic rings. The molecule has 9 heteroatoms. The molecule has 28 heavy (non-hydrogen) atoms. The second-order valence-corrected chi connectivity index (χ2v) is 6.27. The van der Waals surface area contributed by atoms with Gasteiger partial charge in [0.05, 0.1) is 11.8 Å². The van der Waals surface area contributed by atoms with Crippen molar-refractivity contribution in [2.75, 3.05) is 36.4 Å². The van der Waals surface area contributed by atoms with Gasteiger partial charge in [0.25, 0.3) is 5.91 Å². The predicted octanol–water partition coefficient (Wildman–Crippen LogP) is 2.11. The molecule has 0 aliphatic carbocycles. The molecule has 0 saturated carbocycles. The molecule has 1 saturated heterocycles. The highest BCUT2D eigenvalue weighted by Gasteiger charge is 2.23. The van der Waals surface area contributed by atoms with Crippen LogP contribution in [0.1, 0.15) is 10.4 Å². The van der Waals surface area contributed by atoms with Crippen molar-refractivity contribution in [2.24, 2.45) is 0 Å². The number of carbonyl (C=O) groups is 1. The van der Waals surface area contributed by atoms with E-state index in [2.05, 4.69) is 30.2 Å². The molecular formula is C19H18FN7O. The number of aromatic nitrogens is 4. The monoisotopic (exact) mass is 379 g/mol. The average molecular weight is 379 g/mol. The minimum absolute atomic E-state index is 0.216. The van der Waals surface area contributed by atoms with E-state index in [0.717, 1.165) is 12.0 Å². The van der Waals surface area contributed by atoms with Gasteiger partial charge in [-0.1, -0.05) is 6.07 Å². The van der Waals surface area contributed by atoms with E-state index < -0.39 is 5.82 Å². The molecule has 142 valence electrons. The molecule has 1 fully saturated rings. The third kappa shape index (κ3) is 4.03. The molecule has 4 heterocycles. The molecule has 3 aromatic rings. The maximum absolute atomic E-state index is 13.3. The van der Waals surface area contributed by atoms with Gasteiger partial charge in [-0.3, -0.25) is 9.78 Å². The molecule has 0 aromatic carbocycles. The number of pyridine rings is 2.